The molecule has 0 aromatic heterocycles. The lowest BCUT2D eigenvalue weighted by Crippen LogP contribution is -2.43. The van der Waals surface area contributed by atoms with Gasteiger partial charge in [-0.2, -0.15) is 0 Å². The predicted octanol–water partition coefficient (Wildman–Crippen LogP) is 4.86. The summed E-state index contributed by atoms with van der Waals surface area (Å²) in [5.41, 5.74) is 2.89. The lowest BCUT2D eigenvalue weighted by atomic mass is 9.66. The SMILES string of the molecule is CC1=C(C(=O)OC(C)C)C(c2ccccc2Br)C2C(=O)CC(C)(C)C=C2N1. The van der Waals surface area contributed by atoms with Gasteiger partial charge in [0.05, 0.1) is 17.6 Å². The third-order valence-corrected chi connectivity index (χ3v) is 5.76. The Morgan fingerprint density at radius 3 is 2.56 bits per heavy atom. The molecular formula is C22H26BrNO3. The summed E-state index contributed by atoms with van der Waals surface area (Å²) >= 11 is 3.61. The molecule has 27 heavy (non-hydrogen) atoms. The largest absolute Gasteiger partial charge is 0.460 e. The fraction of sp³-hybridized carbons (Fsp3) is 0.455. The molecule has 1 aliphatic heterocycles. The molecule has 1 aromatic carbocycles. The van der Waals surface area contributed by atoms with E-state index in [4.69, 9.17) is 4.74 Å². The van der Waals surface area contributed by atoms with Crippen LogP contribution in [-0.2, 0) is 14.3 Å². The molecule has 2 aliphatic rings. The minimum absolute atomic E-state index is 0.146. The van der Waals surface area contributed by atoms with Crippen molar-refractivity contribution in [3.8, 4) is 0 Å². The number of ketones is 1. The molecular weight excluding hydrogens is 406 g/mol. The molecule has 0 amide bonds. The number of carbonyl (C=O) groups excluding carboxylic acids is 2. The summed E-state index contributed by atoms with van der Waals surface area (Å²) in [5.74, 6) is -1.00. The second kappa shape index (κ2) is 7.27. The zero-order chi connectivity index (χ0) is 19.9. The Balaban J connectivity index is 2.21. The first-order chi connectivity index (χ1) is 12.6. The van der Waals surface area contributed by atoms with Crippen LogP contribution in [0.2, 0.25) is 0 Å². The van der Waals surface area contributed by atoms with Gasteiger partial charge < -0.3 is 10.1 Å². The number of allylic oxidation sites excluding steroid dienone is 3. The van der Waals surface area contributed by atoms with Crippen LogP contribution < -0.4 is 5.32 Å². The summed E-state index contributed by atoms with van der Waals surface area (Å²) in [5, 5.41) is 3.33. The van der Waals surface area contributed by atoms with Crippen LogP contribution in [0.5, 0.6) is 0 Å². The second-order valence-corrected chi connectivity index (χ2v) is 9.18. The number of halogens is 1. The molecule has 0 spiro atoms. The van der Waals surface area contributed by atoms with Gasteiger partial charge in [0.1, 0.15) is 5.78 Å². The van der Waals surface area contributed by atoms with Crippen LogP contribution in [0.4, 0.5) is 0 Å². The number of ether oxygens (including phenoxy) is 1. The molecule has 0 fully saturated rings. The van der Waals surface area contributed by atoms with Crippen LogP contribution >= 0.6 is 15.9 Å². The highest BCUT2D eigenvalue weighted by Crippen LogP contribution is 2.48. The van der Waals surface area contributed by atoms with Gasteiger partial charge in [0.25, 0.3) is 0 Å². The average molecular weight is 432 g/mol. The third kappa shape index (κ3) is 3.88. The first-order valence-corrected chi connectivity index (χ1v) is 10.1. The standard InChI is InChI=1S/C22H26BrNO3/c1-12(2)27-21(26)18-13(3)24-16-10-22(4,5)11-17(25)20(16)19(18)14-8-6-7-9-15(14)23/h6-10,12,19-20,24H,11H2,1-5H3. The van der Waals surface area contributed by atoms with Crippen molar-refractivity contribution >= 4 is 27.7 Å². The molecule has 5 heteroatoms. The van der Waals surface area contributed by atoms with Crippen molar-refractivity contribution in [3.05, 3.63) is 57.3 Å². The van der Waals surface area contributed by atoms with Crippen molar-refractivity contribution in [2.45, 2.75) is 53.1 Å². The van der Waals surface area contributed by atoms with Gasteiger partial charge in [0.15, 0.2) is 0 Å². The molecule has 3 rings (SSSR count). The third-order valence-electron chi connectivity index (χ3n) is 5.04. The molecule has 144 valence electrons. The summed E-state index contributed by atoms with van der Waals surface area (Å²) in [4.78, 5) is 26.1. The van der Waals surface area contributed by atoms with Gasteiger partial charge >= 0.3 is 5.97 Å². The highest BCUT2D eigenvalue weighted by molar-refractivity contribution is 9.10. The highest BCUT2D eigenvalue weighted by Gasteiger charge is 2.46. The van der Waals surface area contributed by atoms with Gasteiger partial charge in [0.2, 0.25) is 0 Å². The Labute approximate surface area is 169 Å². The number of rotatable bonds is 3. The number of nitrogens with one attached hydrogen (secondary N) is 1. The minimum atomic E-state index is -0.407. The molecule has 0 saturated heterocycles. The van der Waals surface area contributed by atoms with Crippen LogP contribution in [-0.4, -0.2) is 17.9 Å². The fourth-order valence-electron chi connectivity index (χ4n) is 4.08. The molecule has 1 N–H and O–H groups in total. The summed E-state index contributed by atoms with van der Waals surface area (Å²) in [6.07, 6.45) is 2.36. The maximum Gasteiger partial charge on any atom is 0.336 e. The number of Topliss-reactive ketones (excluding diaryl/α,β-unsaturated/α-hetero) is 1. The van der Waals surface area contributed by atoms with Gasteiger partial charge in [-0.1, -0.05) is 54.1 Å². The fourth-order valence-corrected chi connectivity index (χ4v) is 4.61. The zero-order valence-electron chi connectivity index (χ0n) is 16.4. The van der Waals surface area contributed by atoms with E-state index in [0.29, 0.717) is 12.0 Å². The van der Waals surface area contributed by atoms with Gasteiger partial charge in [0, 0.05) is 28.2 Å². The quantitative estimate of drug-likeness (QED) is 0.694. The molecule has 0 radical (unpaired) electrons. The normalized spacial score (nSPS) is 24.3. The van der Waals surface area contributed by atoms with Gasteiger partial charge in [-0.25, -0.2) is 4.79 Å². The van der Waals surface area contributed by atoms with Gasteiger partial charge in [-0.05, 0) is 37.8 Å². The molecule has 1 aromatic rings. The number of esters is 1. The summed E-state index contributed by atoms with van der Waals surface area (Å²) in [6, 6.07) is 7.78. The van der Waals surface area contributed by atoms with E-state index < -0.39 is 5.92 Å². The maximum absolute atomic E-state index is 13.2. The predicted molar refractivity (Wildman–Crippen MR) is 109 cm³/mol. The van der Waals surface area contributed by atoms with E-state index in [2.05, 4.69) is 41.2 Å². The van der Waals surface area contributed by atoms with Gasteiger partial charge in [-0.3, -0.25) is 4.79 Å². The lowest BCUT2D eigenvalue weighted by Gasteiger charge is -2.41. The topological polar surface area (TPSA) is 55.4 Å². The number of hydrogen-bond acceptors (Lipinski definition) is 4. The number of fused-ring (bicyclic) bond motifs is 1. The Kier molecular flexibility index (Phi) is 5.35. The highest BCUT2D eigenvalue weighted by atomic mass is 79.9. The first-order valence-electron chi connectivity index (χ1n) is 9.29. The Bertz CT molecular complexity index is 851. The average Bonchev–Trinajstić information content (AvgIpc) is 2.51. The Hall–Kier alpha value is -1.88. The molecule has 1 heterocycles. The summed E-state index contributed by atoms with van der Waals surface area (Å²) < 4.78 is 6.41. The van der Waals surface area contributed by atoms with Crippen molar-refractivity contribution < 1.29 is 14.3 Å². The Morgan fingerprint density at radius 2 is 1.93 bits per heavy atom. The van der Waals surface area contributed by atoms with Crippen LogP contribution in [0.3, 0.4) is 0 Å². The van der Waals surface area contributed by atoms with Crippen molar-refractivity contribution in [3.63, 3.8) is 0 Å². The van der Waals surface area contributed by atoms with E-state index in [-0.39, 0.29) is 29.2 Å². The van der Waals surface area contributed by atoms with Crippen LogP contribution in [0.1, 0.15) is 52.5 Å². The minimum Gasteiger partial charge on any atom is -0.460 e. The van der Waals surface area contributed by atoms with Gasteiger partial charge in [-0.15, -0.1) is 0 Å². The van der Waals surface area contributed by atoms with E-state index >= 15 is 0 Å². The van der Waals surface area contributed by atoms with E-state index in [1.165, 1.54) is 0 Å². The molecule has 1 aliphatic carbocycles. The van der Waals surface area contributed by atoms with Crippen LogP contribution in [0, 0.1) is 11.3 Å². The van der Waals surface area contributed by atoms with Crippen molar-refractivity contribution in [1.29, 1.82) is 0 Å². The lowest BCUT2D eigenvalue weighted by molar-refractivity contribution is -0.143. The molecule has 0 saturated carbocycles. The molecule has 0 bridgehead atoms. The maximum atomic E-state index is 13.2. The van der Waals surface area contributed by atoms with Crippen molar-refractivity contribution in [2.24, 2.45) is 11.3 Å². The zero-order valence-corrected chi connectivity index (χ0v) is 18.0. The molecule has 2 atom stereocenters. The molecule has 2 unspecified atom stereocenters. The number of benzene rings is 1. The monoisotopic (exact) mass is 431 g/mol. The number of hydrogen-bond donors (Lipinski definition) is 1. The van der Waals surface area contributed by atoms with Crippen molar-refractivity contribution in [2.75, 3.05) is 0 Å². The first kappa shape index (κ1) is 19.9. The summed E-state index contributed by atoms with van der Waals surface area (Å²) in [6.45, 7) is 9.66. The summed E-state index contributed by atoms with van der Waals surface area (Å²) in [7, 11) is 0. The second-order valence-electron chi connectivity index (χ2n) is 8.33. The van der Waals surface area contributed by atoms with E-state index in [9.17, 15) is 9.59 Å². The molecule has 4 nitrogen and oxygen atoms in total. The number of carbonyl (C=O) groups is 2. The van der Waals surface area contributed by atoms with Crippen LogP contribution in [0.15, 0.2) is 51.8 Å². The Morgan fingerprint density at radius 1 is 1.26 bits per heavy atom. The van der Waals surface area contributed by atoms with Crippen molar-refractivity contribution in [1.82, 2.24) is 5.32 Å². The van der Waals surface area contributed by atoms with Crippen LogP contribution in [0.25, 0.3) is 0 Å². The van der Waals surface area contributed by atoms with E-state index in [0.717, 1.165) is 21.4 Å². The smallest absolute Gasteiger partial charge is 0.336 e. The van der Waals surface area contributed by atoms with E-state index in [1.807, 2.05) is 45.0 Å². The van der Waals surface area contributed by atoms with E-state index in [1.54, 1.807) is 0 Å².